The fraction of sp³-hybridized carbons (Fsp3) is 0.429. The van der Waals surface area contributed by atoms with E-state index in [1.54, 1.807) is 0 Å². The van der Waals surface area contributed by atoms with Gasteiger partial charge in [-0.15, -0.1) is 11.3 Å². The minimum Gasteiger partial charge on any atom is -0.350 e. The van der Waals surface area contributed by atoms with Gasteiger partial charge in [0.25, 0.3) is 5.91 Å². The number of hydrogen-bond acceptors (Lipinski definition) is 4. The van der Waals surface area contributed by atoms with E-state index in [9.17, 15) is 4.79 Å². The van der Waals surface area contributed by atoms with Gasteiger partial charge in [0.1, 0.15) is 4.83 Å². The lowest BCUT2D eigenvalue weighted by Crippen LogP contribution is -2.28. The summed E-state index contributed by atoms with van der Waals surface area (Å²) >= 11 is 1.46. The average molecular weight is 275 g/mol. The number of hydrogen-bond donors (Lipinski definition) is 2. The number of rotatable bonds is 3. The molecule has 0 radical (unpaired) electrons. The highest BCUT2D eigenvalue weighted by atomic mass is 32.1. The highest BCUT2D eigenvalue weighted by Crippen LogP contribution is 2.29. The van der Waals surface area contributed by atoms with Gasteiger partial charge in [0.05, 0.1) is 4.88 Å². The Bertz CT molecular complexity index is 577. The van der Waals surface area contributed by atoms with Crippen LogP contribution in [0.2, 0.25) is 0 Å². The van der Waals surface area contributed by atoms with Gasteiger partial charge in [0, 0.05) is 24.2 Å². The van der Waals surface area contributed by atoms with E-state index in [2.05, 4.69) is 11.4 Å². The molecule has 19 heavy (non-hydrogen) atoms. The van der Waals surface area contributed by atoms with Crippen LogP contribution < -0.4 is 11.1 Å². The second-order valence-electron chi connectivity index (χ2n) is 4.85. The summed E-state index contributed by atoms with van der Waals surface area (Å²) in [7, 11) is 0. The van der Waals surface area contributed by atoms with Gasteiger partial charge in [-0.2, -0.15) is 0 Å². The average Bonchev–Trinajstić information content (AvgIpc) is 2.85. The van der Waals surface area contributed by atoms with Crippen LogP contribution in [-0.4, -0.2) is 24.0 Å². The summed E-state index contributed by atoms with van der Waals surface area (Å²) < 4.78 is 0. The first-order valence-corrected chi connectivity index (χ1v) is 7.50. The van der Waals surface area contributed by atoms with Crippen LogP contribution in [-0.2, 0) is 12.8 Å². The van der Waals surface area contributed by atoms with Crippen LogP contribution in [0.25, 0.3) is 10.2 Å². The zero-order chi connectivity index (χ0) is 13.2. The number of aromatic nitrogens is 1. The molecule has 2 aromatic heterocycles. The van der Waals surface area contributed by atoms with Crippen molar-refractivity contribution in [3.8, 4) is 0 Å². The van der Waals surface area contributed by atoms with Crippen molar-refractivity contribution >= 4 is 27.5 Å². The van der Waals surface area contributed by atoms with E-state index in [0.29, 0.717) is 13.1 Å². The first-order chi connectivity index (χ1) is 9.28. The fourth-order valence-corrected chi connectivity index (χ4v) is 3.43. The number of nitrogens with two attached hydrogens (primary N) is 1. The lowest BCUT2D eigenvalue weighted by molar-refractivity contribution is 0.0959. The minimum atomic E-state index is -0.0496. The Morgan fingerprint density at radius 3 is 3.05 bits per heavy atom. The Hall–Kier alpha value is -1.46. The molecular weight excluding hydrogens is 258 g/mol. The highest BCUT2D eigenvalue weighted by Gasteiger charge is 2.15. The summed E-state index contributed by atoms with van der Waals surface area (Å²) in [5.41, 5.74) is 7.96. The molecule has 1 aliphatic rings. The molecule has 5 heteroatoms. The lowest BCUT2D eigenvalue weighted by Gasteiger charge is -2.13. The van der Waals surface area contributed by atoms with Gasteiger partial charge in [0.15, 0.2) is 0 Å². The summed E-state index contributed by atoms with van der Waals surface area (Å²) in [5, 5.41) is 3.88. The third kappa shape index (κ3) is 2.48. The third-order valence-corrected chi connectivity index (χ3v) is 4.48. The first-order valence-electron chi connectivity index (χ1n) is 6.68. The highest BCUT2D eigenvalue weighted by molar-refractivity contribution is 7.20. The van der Waals surface area contributed by atoms with E-state index in [1.165, 1.54) is 35.4 Å². The van der Waals surface area contributed by atoms with Gasteiger partial charge in [-0.25, -0.2) is 4.98 Å². The SMILES string of the molecule is NCCNC(=O)c1cc2cc3c(nc2s1)CCCC3. The van der Waals surface area contributed by atoms with Crippen molar-refractivity contribution in [3.05, 3.63) is 28.3 Å². The minimum absolute atomic E-state index is 0.0496. The molecule has 0 saturated heterocycles. The molecular formula is C14H17N3OS. The standard InChI is InChI=1S/C14H17N3OS/c15-5-6-16-13(18)12-8-10-7-9-3-1-2-4-11(9)17-14(10)19-12/h7-8H,1-6,15H2,(H,16,18). The van der Waals surface area contributed by atoms with Gasteiger partial charge in [-0.1, -0.05) is 0 Å². The van der Waals surface area contributed by atoms with Crippen LogP contribution in [0.3, 0.4) is 0 Å². The number of nitrogens with zero attached hydrogens (tertiary/aromatic N) is 1. The van der Waals surface area contributed by atoms with E-state index >= 15 is 0 Å². The van der Waals surface area contributed by atoms with Crippen molar-refractivity contribution < 1.29 is 4.79 Å². The van der Waals surface area contributed by atoms with Crippen molar-refractivity contribution in [1.82, 2.24) is 10.3 Å². The van der Waals surface area contributed by atoms with Crippen molar-refractivity contribution in [2.45, 2.75) is 25.7 Å². The Kier molecular flexibility index (Phi) is 3.48. The Balaban J connectivity index is 1.94. The number of carbonyl (C=O) groups is 1. The van der Waals surface area contributed by atoms with Crippen molar-refractivity contribution in [2.75, 3.05) is 13.1 Å². The second kappa shape index (κ2) is 5.27. The van der Waals surface area contributed by atoms with Crippen LogP contribution in [0, 0.1) is 0 Å². The third-order valence-electron chi connectivity index (χ3n) is 3.44. The smallest absolute Gasteiger partial charge is 0.261 e. The number of fused-ring (bicyclic) bond motifs is 2. The summed E-state index contributed by atoms with van der Waals surface area (Å²) in [5.74, 6) is -0.0496. The zero-order valence-electron chi connectivity index (χ0n) is 10.7. The molecule has 0 bridgehead atoms. The van der Waals surface area contributed by atoms with E-state index in [4.69, 9.17) is 10.7 Å². The van der Waals surface area contributed by atoms with E-state index < -0.39 is 0 Å². The molecule has 100 valence electrons. The van der Waals surface area contributed by atoms with E-state index in [0.717, 1.165) is 27.9 Å². The monoisotopic (exact) mass is 275 g/mol. The molecule has 0 atom stereocenters. The van der Waals surface area contributed by atoms with Crippen molar-refractivity contribution in [2.24, 2.45) is 5.73 Å². The lowest BCUT2D eigenvalue weighted by atomic mass is 9.96. The predicted molar refractivity (Wildman–Crippen MR) is 77.6 cm³/mol. The van der Waals surface area contributed by atoms with Crippen LogP contribution in [0.15, 0.2) is 12.1 Å². The predicted octanol–water partition coefficient (Wildman–Crippen LogP) is 1.86. The van der Waals surface area contributed by atoms with Crippen LogP contribution >= 0.6 is 11.3 Å². The summed E-state index contributed by atoms with van der Waals surface area (Å²) in [4.78, 5) is 18.3. The molecule has 4 nitrogen and oxygen atoms in total. The number of aryl methyl sites for hydroxylation is 2. The van der Waals surface area contributed by atoms with E-state index in [1.807, 2.05) is 6.07 Å². The maximum Gasteiger partial charge on any atom is 0.261 e. The molecule has 0 unspecified atom stereocenters. The quantitative estimate of drug-likeness (QED) is 0.898. The van der Waals surface area contributed by atoms with Gasteiger partial charge in [-0.3, -0.25) is 4.79 Å². The molecule has 0 fully saturated rings. The summed E-state index contributed by atoms with van der Waals surface area (Å²) in [6.45, 7) is 0.972. The number of carbonyl (C=O) groups excluding carboxylic acids is 1. The maximum atomic E-state index is 11.9. The van der Waals surface area contributed by atoms with Gasteiger partial charge in [0.2, 0.25) is 0 Å². The maximum absolute atomic E-state index is 11.9. The first kappa shape index (κ1) is 12.6. The number of thiophene rings is 1. The van der Waals surface area contributed by atoms with Gasteiger partial charge < -0.3 is 11.1 Å². The summed E-state index contributed by atoms with van der Waals surface area (Å²) in [6.07, 6.45) is 4.65. The molecule has 2 aromatic rings. The summed E-state index contributed by atoms with van der Waals surface area (Å²) in [6, 6.07) is 4.14. The molecule has 2 heterocycles. The van der Waals surface area contributed by atoms with Crippen LogP contribution in [0.5, 0.6) is 0 Å². The molecule has 1 amide bonds. The Morgan fingerprint density at radius 1 is 1.37 bits per heavy atom. The van der Waals surface area contributed by atoms with Crippen LogP contribution in [0.4, 0.5) is 0 Å². The topological polar surface area (TPSA) is 68.0 Å². The normalized spacial score (nSPS) is 14.4. The number of pyridine rings is 1. The van der Waals surface area contributed by atoms with Crippen molar-refractivity contribution in [3.63, 3.8) is 0 Å². The van der Waals surface area contributed by atoms with E-state index in [-0.39, 0.29) is 5.91 Å². The molecule has 0 saturated carbocycles. The number of nitrogens with one attached hydrogen (secondary N) is 1. The molecule has 0 aliphatic heterocycles. The van der Waals surface area contributed by atoms with Crippen molar-refractivity contribution in [1.29, 1.82) is 0 Å². The van der Waals surface area contributed by atoms with Gasteiger partial charge >= 0.3 is 0 Å². The Labute approximate surface area is 116 Å². The molecule has 3 rings (SSSR count). The van der Waals surface area contributed by atoms with Crippen LogP contribution in [0.1, 0.15) is 33.8 Å². The van der Waals surface area contributed by atoms with Gasteiger partial charge in [-0.05, 0) is 43.4 Å². The molecule has 0 spiro atoms. The largest absolute Gasteiger partial charge is 0.350 e. The number of amides is 1. The fourth-order valence-electron chi connectivity index (χ4n) is 2.48. The molecule has 0 aromatic carbocycles. The molecule has 3 N–H and O–H groups in total. The zero-order valence-corrected chi connectivity index (χ0v) is 11.6. The molecule has 1 aliphatic carbocycles. The Morgan fingerprint density at radius 2 is 2.21 bits per heavy atom. The second-order valence-corrected chi connectivity index (χ2v) is 5.88.